The number of benzene rings is 1. The van der Waals surface area contributed by atoms with Crippen LogP contribution in [-0.4, -0.2) is 55.9 Å². The standard InChI is InChI=1S/C21H31Cl2FN4O/c1-3-26-20(29)27-18-8-7-14(13-17(18)24)21(2,28-11-9-25-10-12-28)15-5-4-6-16(22)19(15)23/h4-6,14,17-18,25H,3,7-13H2,1-2H3,(H2,26,27,29). The van der Waals surface area contributed by atoms with Gasteiger partial charge in [0, 0.05) is 38.3 Å². The normalized spacial score (nSPS) is 27.8. The second-order valence-corrected chi connectivity index (χ2v) is 8.91. The maximum atomic E-state index is 15.2. The monoisotopic (exact) mass is 444 g/mol. The molecule has 1 aliphatic heterocycles. The number of halogens is 3. The minimum Gasteiger partial charge on any atom is -0.338 e. The van der Waals surface area contributed by atoms with Crippen molar-refractivity contribution in [3.8, 4) is 0 Å². The molecular formula is C21H31Cl2FN4O. The highest BCUT2D eigenvalue weighted by Crippen LogP contribution is 2.47. The molecular weight excluding hydrogens is 414 g/mol. The van der Waals surface area contributed by atoms with Gasteiger partial charge in [-0.15, -0.1) is 0 Å². The molecule has 0 bridgehead atoms. The van der Waals surface area contributed by atoms with Gasteiger partial charge in [-0.1, -0.05) is 35.3 Å². The molecule has 0 radical (unpaired) electrons. The van der Waals surface area contributed by atoms with E-state index >= 15 is 4.39 Å². The quantitative estimate of drug-likeness (QED) is 0.644. The van der Waals surface area contributed by atoms with E-state index in [0.29, 0.717) is 29.4 Å². The van der Waals surface area contributed by atoms with Crippen molar-refractivity contribution in [2.45, 2.75) is 50.9 Å². The maximum Gasteiger partial charge on any atom is 0.315 e. The molecule has 1 aliphatic carbocycles. The van der Waals surface area contributed by atoms with Crippen LogP contribution in [0.2, 0.25) is 10.0 Å². The summed E-state index contributed by atoms with van der Waals surface area (Å²) in [5, 5.41) is 9.93. The summed E-state index contributed by atoms with van der Waals surface area (Å²) < 4.78 is 15.2. The molecule has 2 fully saturated rings. The van der Waals surface area contributed by atoms with E-state index in [1.54, 1.807) is 6.07 Å². The van der Waals surface area contributed by atoms with E-state index in [1.807, 2.05) is 19.1 Å². The van der Waals surface area contributed by atoms with Crippen molar-refractivity contribution in [2.75, 3.05) is 32.7 Å². The Morgan fingerprint density at radius 2 is 2.03 bits per heavy atom. The number of piperazine rings is 1. The van der Waals surface area contributed by atoms with E-state index < -0.39 is 17.8 Å². The first-order valence-electron chi connectivity index (χ1n) is 10.5. The first-order valence-corrected chi connectivity index (χ1v) is 11.2. The molecule has 29 heavy (non-hydrogen) atoms. The van der Waals surface area contributed by atoms with Gasteiger partial charge in [-0.3, -0.25) is 4.90 Å². The van der Waals surface area contributed by atoms with Crippen molar-refractivity contribution in [3.63, 3.8) is 0 Å². The third-order valence-corrected chi connectivity index (χ3v) is 7.31. The second kappa shape index (κ2) is 9.82. The van der Waals surface area contributed by atoms with Gasteiger partial charge in [-0.25, -0.2) is 9.18 Å². The summed E-state index contributed by atoms with van der Waals surface area (Å²) in [5.74, 6) is 0.0684. The van der Waals surface area contributed by atoms with E-state index in [2.05, 4.69) is 27.8 Å². The van der Waals surface area contributed by atoms with Gasteiger partial charge < -0.3 is 16.0 Å². The Kier molecular flexibility index (Phi) is 7.65. The molecule has 1 saturated carbocycles. The average Bonchev–Trinajstić information content (AvgIpc) is 2.72. The summed E-state index contributed by atoms with van der Waals surface area (Å²) in [7, 11) is 0. The van der Waals surface area contributed by atoms with Gasteiger partial charge in [0.15, 0.2) is 0 Å². The minimum atomic E-state index is -1.10. The van der Waals surface area contributed by atoms with Crippen LogP contribution in [0.15, 0.2) is 18.2 Å². The van der Waals surface area contributed by atoms with Gasteiger partial charge >= 0.3 is 6.03 Å². The summed E-state index contributed by atoms with van der Waals surface area (Å²) in [6, 6.07) is 4.96. The topological polar surface area (TPSA) is 56.4 Å². The zero-order chi connectivity index (χ0) is 21.0. The molecule has 1 aromatic carbocycles. The predicted octanol–water partition coefficient (Wildman–Crippen LogP) is 3.94. The molecule has 1 aromatic rings. The molecule has 8 heteroatoms. The number of nitrogens with zero attached hydrogens (tertiary/aromatic N) is 1. The van der Waals surface area contributed by atoms with Gasteiger partial charge in [0.05, 0.1) is 16.1 Å². The average molecular weight is 445 g/mol. The predicted molar refractivity (Wildman–Crippen MR) is 116 cm³/mol. The first-order chi connectivity index (χ1) is 13.9. The lowest BCUT2D eigenvalue weighted by Gasteiger charge is -2.51. The van der Waals surface area contributed by atoms with Crippen molar-refractivity contribution in [1.82, 2.24) is 20.9 Å². The lowest BCUT2D eigenvalue weighted by molar-refractivity contribution is -0.00530. The number of hydrogen-bond acceptors (Lipinski definition) is 3. The molecule has 3 N–H and O–H groups in total. The van der Waals surface area contributed by atoms with E-state index in [-0.39, 0.29) is 11.9 Å². The molecule has 162 valence electrons. The summed E-state index contributed by atoms with van der Waals surface area (Å²) in [6.07, 6.45) is 0.681. The first kappa shape index (κ1) is 22.6. The van der Waals surface area contributed by atoms with Gasteiger partial charge in [-0.05, 0) is 50.7 Å². The molecule has 4 atom stereocenters. The smallest absolute Gasteiger partial charge is 0.315 e. The highest BCUT2D eigenvalue weighted by atomic mass is 35.5. The number of urea groups is 1. The van der Waals surface area contributed by atoms with Crippen molar-refractivity contribution in [3.05, 3.63) is 33.8 Å². The molecule has 3 rings (SSSR count). The van der Waals surface area contributed by atoms with Gasteiger partial charge in [0.2, 0.25) is 0 Å². The van der Waals surface area contributed by atoms with Crippen LogP contribution in [-0.2, 0) is 5.54 Å². The summed E-state index contributed by atoms with van der Waals surface area (Å²) in [6.45, 7) is 8.05. The van der Waals surface area contributed by atoms with E-state index in [0.717, 1.165) is 38.2 Å². The highest BCUT2D eigenvalue weighted by molar-refractivity contribution is 6.42. The third kappa shape index (κ3) is 4.82. The zero-order valence-electron chi connectivity index (χ0n) is 17.1. The summed E-state index contributed by atoms with van der Waals surface area (Å²) in [5.41, 5.74) is 0.534. The van der Waals surface area contributed by atoms with Crippen LogP contribution in [0.25, 0.3) is 0 Å². The third-order valence-electron chi connectivity index (χ3n) is 6.49. The fourth-order valence-electron chi connectivity index (χ4n) is 4.84. The van der Waals surface area contributed by atoms with Crippen LogP contribution < -0.4 is 16.0 Å². The molecule has 2 amide bonds. The Labute approximate surface area is 182 Å². The van der Waals surface area contributed by atoms with Crippen molar-refractivity contribution < 1.29 is 9.18 Å². The fraction of sp³-hybridized carbons (Fsp3) is 0.667. The second-order valence-electron chi connectivity index (χ2n) is 8.12. The number of hydrogen-bond donors (Lipinski definition) is 3. The van der Waals surface area contributed by atoms with Crippen LogP contribution in [0.5, 0.6) is 0 Å². The zero-order valence-corrected chi connectivity index (χ0v) is 18.6. The van der Waals surface area contributed by atoms with Gasteiger partial charge in [0.25, 0.3) is 0 Å². The van der Waals surface area contributed by atoms with Crippen molar-refractivity contribution >= 4 is 29.2 Å². The van der Waals surface area contributed by atoms with Crippen LogP contribution in [0, 0.1) is 5.92 Å². The fourth-order valence-corrected chi connectivity index (χ4v) is 5.33. The van der Waals surface area contributed by atoms with Crippen LogP contribution in [0.1, 0.15) is 38.7 Å². The van der Waals surface area contributed by atoms with Gasteiger partial charge in [0.1, 0.15) is 6.17 Å². The highest BCUT2D eigenvalue weighted by Gasteiger charge is 2.47. The van der Waals surface area contributed by atoms with Crippen LogP contribution in [0.3, 0.4) is 0 Å². The maximum absolute atomic E-state index is 15.2. The molecule has 1 heterocycles. The van der Waals surface area contributed by atoms with Gasteiger partial charge in [-0.2, -0.15) is 0 Å². The Morgan fingerprint density at radius 1 is 1.31 bits per heavy atom. The number of amides is 2. The van der Waals surface area contributed by atoms with E-state index in [4.69, 9.17) is 23.2 Å². The van der Waals surface area contributed by atoms with E-state index in [9.17, 15) is 4.79 Å². The number of carbonyl (C=O) groups excluding carboxylic acids is 1. The Balaban J connectivity index is 1.86. The lowest BCUT2D eigenvalue weighted by Crippen LogP contribution is -2.58. The molecule has 4 unspecified atom stereocenters. The lowest BCUT2D eigenvalue weighted by atomic mass is 9.69. The largest absolute Gasteiger partial charge is 0.338 e. The van der Waals surface area contributed by atoms with E-state index in [1.165, 1.54) is 0 Å². The molecule has 5 nitrogen and oxygen atoms in total. The molecule has 0 spiro atoms. The number of alkyl halides is 1. The van der Waals surface area contributed by atoms with Crippen LogP contribution >= 0.6 is 23.2 Å². The number of carbonyl (C=O) groups is 1. The van der Waals surface area contributed by atoms with Crippen molar-refractivity contribution in [2.24, 2.45) is 5.92 Å². The number of rotatable bonds is 5. The number of nitrogens with one attached hydrogen (secondary N) is 3. The summed E-state index contributed by atoms with van der Waals surface area (Å²) >= 11 is 13.0. The van der Waals surface area contributed by atoms with Crippen LogP contribution in [0.4, 0.5) is 9.18 Å². The molecule has 0 aromatic heterocycles. The molecule has 1 saturated heterocycles. The van der Waals surface area contributed by atoms with Crippen molar-refractivity contribution in [1.29, 1.82) is 0 Å². The minimum absolute atomic E-state index is 0.0684. The Morgan fingerprint density at radius 3 is 2.69 bits per heavy atom. The SMILES string of the molecule is CCNC(=O)NC1CCC(C(C)(c2cccc(Cl)c2Cl)N2CCNCC2)CC1F. The Bertz CT molecular complexity index is 716. The Hall–Kier alpha value is -1.08. The summed E-state index contributed by atoms with van der Waals surface area (Å²) in [4.78, 5) is 14.3. The molecule has 2 aliphatic rings.